The number of anilines is 1. The topological polar surface area (TPSA) is 100 Å². The molecule has 1 unspecified atom stereocenters. The molecule has 0 saturated carbocycles. The molecule has 3 rings (SSSR count). The summed E-state index contributed by atoms with van der Waals surface area (Å²) in [6.45, 7) is 1.97. The summed E-state index contributed by atoms with van der Waals surface area (Å²) in [5, 5.41) is 7.92. The van der Waals surface area contributed by atoms with Gasteiger partial charge in [-0.2, -0.15) is 0 Å². The molecule has 0 radical (unpaired) electrons. The van der Waals surface area contributed by atoms with Crippen LogP contribution in [0.25, 0.3) is 10.2 Å². The Hall–Kier alpha value is -2.57. The smallest absolute Gasteiger partial charge is 0.243 e. The van der Waals surface area contributed by atoms with Crippen molar-refractivity contribution in [1.82, 2.24) is 15.6 Å². The molecule has 0 aliphatic carbocycles. The molecular weight excluding hydrogens is 420 g/mol. The first-order valence-electron chi connectivity index (χ1n) is 9.91. The van der Waals surface area contributed by atoms with Crippen LogP contribution in [-0.2, 0) is 14.4 Å². The number of carbonyl (C=O) groups excluding carboxylic acids is 3. The third kappa shape index (κ3) is 6.47. The fourth-order valence-electron chi connectivity index (χ4n) is 2.84. The molecule has 1 fully saturated rings. The standard InChI is InChI=1S/C21H24N4O3S2/c1-2-3-4-5-6-11-29-21-25-15-8-7-14(12-17(15)30-21)23-19(27)13-22-20(28)16-9-10-18(26)24-16/h7-8,12,16H,2-3,6,9-11,13H2,1H3,(H,22,28)(H,23,27)(H,24,26). The van der Waals surface area contributed by atoms with Gasteiger partial charge >= 0.3 is 0 Å². The maximum Gasteiger partial charge on any atom is 0.243 e. The average molecular weight is 445 g/mol. The molecule has 0 bridgehead atoms. The molecule has 158 valence electrons. The highest BCUT2D eigenvalue weighted by molar-refractivity contribution is 8.01. The van der Waals surface area contributed by atoms with E-state index in [9.17, 15) is 14.4 Å². The highest BCUT2D eigenvalue weighted by atomic mass is 32.2. The van der Waals surface area contributed by atoms with E-state index in [2.05, 4.69) is 39.7 Å². The van der Waals surface area contributed by atoms with Crippen molar-refractivity contribution in [1.29, 1.82) is 0 Å². The summed E-state index contributed by atoms with van der Waals surface area (Å²) in [5.41, 5.74) is 1.55. The Morgan fingerprint density at radius 1 is 1.33 bits per heavy atom. The SMILES string of the molecule is CCCC#CCCSc1nc2ccc(NC(=O)CNC(=O)C3CCC(=O)N3)cc2s1. The molecule has 0 spiro atoms. The predicted octanol–water partition coefficient (Wildman–Crippen LogP) is 2.92. The van der Waals surface area contributed by atoms with Gasteiger partial charge in [0.1, 0.15) is 6.04 Å². The minimum absolute atomic E-state index is 0.139. The van der Waals surface area contributed by atoms with Gasteiger partial charge in [0.05, 0.1) is 16.8 Å². The molecule has 1 aromatic carbocycles. The molecule has 30 heavy (non-hydrogen) atoms. The maximum atomic E-state index is 12.1. The van der Waals surface area contributed by atoms with Crippen LogP contribution < -0.4 is 16.0 Å². The first-order valence-corrected chi connectivity index (χ1v) is 11.7. The van der Waals surface area contributed by atoms with Crippen LogP contribution in [0, 0.1) is 11.8 Å². The largest absolute Gasteiger partial charge is 0.345 e. The highest BCUT2D eigenvalue weighted by Crippen LogP contribution is 2.31. The second-order valence-corrected chi connectivity index (χ2v) is 9.16. The number of rotatable bonds is 8. The van der Waals surface area contributed by atoms with Gasteiger partial charge in [-0.25, -0.2) is 4.98 Å². The zero-order valence-corrected chi connectivity index (χ0v) is 18.4. The summed E-state index contributed by atoms with van der Waals surface area (Å²) >= 11 is 3.27. The fourth-order valence-corrected chi connectivity index (χ4v) is 4.87. The molecule has 1 aromatic heterocycles. The van der Waals surface area contributed by atoms with Crippen molar-refractivity contribution in [2.45, 2.75) is 49.4 Å². The van der Waals surface area contributed by atoms with E-state index in [1.807, 2.05) is 12.1 Å². The lowest BCUT2D eigenvalue weighted by Gasteiger charge is -2.11. The minimum Gasteiger partial charge on any atom is -0.345 e. The number of hydrogen-bond donors (Lipinski definition) is 3. The van der Waals surface area contributed by atoms with Crippen molar-refractivity contribution in [3.8, 4) is 11.8 Å². The first-order chi connectivity index (χ1) is 14.5. The van der Waals surface area contributed by atoms with Gasteiger partial charge in [0.15, 0.2) is 4.34 Å². The summed E-state index contributed by atoms with van der Waals surface area (Å²) in [5.74, 6) is 6.42. The Labute approximate surface area is 183 Å². The third-order valence-electron chi connectivity index (χ3n) is 4.34. The number of aromatic nitrogens is 1. The Bertz CT molecular complexity index is 993. The van der Waals surface area contributed by atoms with E-state index < -0.39 is 6.04 Å². The third-order valence-corrected chi connectivity index (χ3v) is 6.50. The van der Waals surface area contributed by atoms with Gasteiger partial charge in [-0.1, -0.05) is 18.7 Å². The Balaban J connectivity index is 1.47. The van der Waals surface area contributed by atoms with Gasteiger partial charge in [-0.3, -0.25) is 14.4 Å². The van der Waals surface area contributed by atoms with Gasteiger partial charge in [0.25, 0.3) is 0 Å². The number of benzene rings is 1. The summed E-state index contributed by atoms with van der Waals surface area (Å²) in [6.07, 6.45) is 3.67. The predicted molar refractivity (Wildman–Crippen MR) is 120 cm³/mol. The number of amides is 3. The number of fused-ring (bicyclic) bond motifs is 1. The Kier molecular flexibility index (Phi) is 8.11. The monoisotopic (exact) mass is 444 g/mol. The number of hydrogen-bond acceptors (Lipinski definition) is 6. The number of thioether (sulfide) groups is 1. The Morgan fingerprint density at radius 2 is 2.17 bits per heavy atom. The van der Waals surface area contributed by atoms with E-state index in [1.54, 1.807) is 29.2 Å². The van der Waals surface area contributed by atoms with Crippen LogP contribution in [0.5, 0.6) is 0 Å². The molecule has 1 aliphatic heterocycles. The normalized spacial score (nSPS) is 15.4. The summed E-state index contributed by atoms with van der Waals surface area (Å²) in [4.78, 5) is 39.9. The molecule has 9 heteroatoms. The molecular formula is C21H24N4O3S2. The summed E-state index contributed by atoms with van der Waals surface area (Å²) in [6, 6.07) is 5.00. The van der Waals surface area contributed by atoms with Crippen LogP contribution in [0.4, 0.5) is 5.69 Å². The molecule has 2 aromatic rings. The van der Waals surface area contributed by atoms with E-state index in [0.29, 0.717) is 18.5 Å². The number of thiazole rings is 1. The van der Waals surface area contributed by atoms with E-state index in [0.717, 1.165) is 39.6 Å². The highest BCUT2D eigenvalue weighted by Gasteiger charge is 2.27. The average Bonchev–Trinajstić information content (AvgIpc) is 3.34. The van der Waals surface area contributed by atoms with Gasteiger partial charge in [0, 0.05) is 30.7 Å². The van der Waals surface area contributed by atoms with Gasteiger partial charge in [-0.15, -0.1) is 23.2 Å². The maximum absolute atomic E-state index is 12.1. The lowest BCUT2D eigenvalue weighted by atomic mass is 10.2. The van der Waals surface area contributed by atoms with Crippen molar-refractivity contribution in [3.63, 3.8) is 0 Å². The van der Waals surface area contributed by atoms with Crippen LogP contribution in [-0.4, -0.2) is 41.0 Å². The summed E-state index contributed by atoms with van der Waals surface area (Å²) in [7, 11) is 0. The van der Waals surface area contributed by atoms with Crippen LogP contribution >= 0.6 is 23.1 Å². The van der Waals surface area contributed by atoms with Gasteiger partial charge in [0.2, 0.25) is 17.7 Å². The van der Waals surface area contributed by atoms with Crippen molar-refractivity contribution in [2.24, 2.45) is 0 Å². The van der Waals surface area contributed by atoms with Gasteiger partial charge < -0.3 is 16.0 Å². The van der Waals surface area contributed by atoms with Crippen LogP contribution in [0.2, 0.25) is 0 Å². The van der Waals surface area contributed by atoms with Crippen molar-refractivity contribution in [2.75, 3.05) is 17.6 Å². The molecule has 7 nitrogen and oxygen atoms in total. The summed E-state index contributed by atoms with van der Waals surface area (Å²) < 4.78 is 1.97. The van der Waals surface area contributed by atoms with Gasteiger partial charge in [-0.05, 0) is 31.0 Å². The second kappa shape index (κ2) is 11.0. The molecule has 1 saturated heterocycles. The molecule has 1 atom stereocenters. The number of nitrogens with one attached hydrogen (secondary N) is 3. The molecule has 2 heterocycles. The molecule has 3 N–H and O–H groups in total. The Morgan fingerprint density at radius 3 is 2.93 bits per heavy atom. The van der Waals surface area contributed by atoms with Crippen LogP contribution in [0.1, 0.15) is 39.0 Å². The van der Waals surface area contributed by atoms with Crippen LogP contribution in [0.3, 0.4) is 0 Å². The minimum atomic E-state index is -0.549. The van der Waals surface area contributed by atoms with E-state index in [4.69, 9.17) is 0 Å². The molecule has 1 aliphatic rings. The number of nitrogens with zero attached hydrogens (tertiary/aromatic N) is 1. The number of carbonyl (C=O) groups is 3. The van der Waals surface area contributed by atoms with Crippen molar-refractivity contribution < 1.29 is 14.4 Å². The second-order valence-electron chi connectivity index (χ2n) is 6.79. The van der Waals surface area contributed by atoms with E-state index in [1.165, 1.54) is 0 Å². The zero-order chi connectivity index (χ0) is 21.3. The quantitative estimate of drug-likeness (QED) is 0.330. The lowest BCUT2D eigenvalue weighted by molar-refractivity contribution is -0.127. The van der Waals surface area contributed by atoms with Crippen LogP contribution in [0.15, 0.2) is 22.5 Å². The lowest BCUT2D eigenvalue weighted by Crippen LogP contribution is -2.44. The first kappa shape index (κ1) is 22.1. The van der Waals surface area contributed by atoms with Crippen molar-refractivity contribution >= 4 is 56.7 Å². The molecule has 3 amide bonds. The van der Waals surface area contributed by atoms with E-state index in [-0.39, 0.29) is 24.3 Å². The van der Waals surface area contributed by atoms with Crippen molar-refractivity contribution in [3.05, 3.63) is 18.2 Å². The fraction of sp³-hybridized carbons (Fsp3) is 0.429. The zero-order valence-electron chi connectivity index (χ0n) is 16.7. The number of unbranched alkanes of at least 4 members (excludes halogenated alkanes) is 1. The van der Waals surface area contributed by atoms with E-state index >= 15 is 0 Å².